The van der Waals surface area contributed by atoms with Crippen LogP contribution in [-0.4, -0.2) is 18.9 Å². The van der Waals surface area contributed by atoms with Crippen molar-refractivity contribution in [3.63, 3.8) is 0 Å². The van der Waals surface area contributed by atoms with E-state index >= 15 is 0 Å². The second kappa shape index (κ2) is 8.68. The highest BCUT2D eigenvalue weighted by atomic mass is 15.0. The third kappa shape index (κ3) is 3.03. The Kier molecular flexibility index (Phi) is 4.55. The van der Waals surface area contributed by atoms with Crippen LogP contribution in [0.2, 0.25) is 0 Å². The maximum Gasteiger partial charge on any atom is 0.165 e. The van der Waals surface area contributed by atoms with Crippen LogP contribution >= 0.6 is 0 Å². The lowest BCUT2D eigenvalue weighted by Gasteiger charge is -2.12. The summed E-state index contributed by atoms with van der Waals surface area (Å²) in [6, 6.07) is 52.4. The van der Waals surface area contributed by atoms with Gasteiger partial charge >= 0.3 is 0 Å². The van der Waals surface area contributed by atoms with Crippen molar-refractivity contribution in [1.82, 2.24) is 18.9 Å². The Bertz CT molecular complexity index is 3020. The number of para-hydroxylation sites is 5. The number of aromatic nitrogens is 4. The largest absolute Gasteiger partial charge is 0.309 e. The van der Waals surface area contributed by atoms with Gasteiger partial charge in [0.25, 0.3) is 0 Å². The van der Waals surface area contributed by atoms with Crippen LogP contribution in [0.5, 0.6) is 0 Å². The second-order valence-electron chi connectivity index (χ2n) is 12.2. The normalized spacial score (nSPS) is 12.3. The summed E-state index contributed by atoms with van der Waals surface area (Å²) in [6.45, 7) is 0. The zero-order chi connectivity index (χ0) is 29.9. The van der Waals surface area contributed by atoms with Gasteiger partial charge in [0.1, 0.15) is 5.52 Å². The van der Waals surface area contributed by atoms with Crippen molar-refractivity contribution >= 4 is 82.0 Å². The van der Waals surface area contributed by atoms with E-state index in [-0.39, 0.29) is 0 Å². The van der Waals surface area contributed by atoms with Gasteiger partial charge in [-0.25, -0.2) is 9.97 Å². The van der Waals surface area contributed by atoms with Crippen LogP contribution < -0.4 is 0 Å². The number of benzene rings is 7. The Balaban J connectivity index is 1.20. The van der Waals surface area contributed by atoms with E-state index in [1.54, 1.807) is 0 Å². The molecular weight excluding hydrogens is 560 g/mol. The molecule has 4 heteroatoms. The molecule has 0 aliphatic rings. The molecule has 4 aromatic heterocycles. The molecule has 0 unspecified atom stereocenters. The Morgan fingerprint density at radius 2 is 1.09 bits per heavy atom. The second-order valence-corrected chi connectivity index (χ2v) is 12.2. The van der Waals surface area contributed by atoms with Gasteiger partial charge in [-0.1, -0.05) is 103 Å². The Morgan fingerprint density at radius 3 is 1.98 bits per heavy atom. The molecule has 0 saturated carbocycles. The highest BCUT2D eigenvalue weighted by Crippen LogP contribution is 2.42. The smallest absolute Gasteiger partial charge is 0.165 e. The van der Waals surface area contributed by atoms with Crippen LogP contribution in [0.4, 0.5) is 0 Å². The fourth-order valence-electron chi connectivity index (χ4n) is 7.89. The van der Waals surface area contributed by atoms with Crippen LogP contribution in [0.25, 0.3) is 98.8 Å². The third-order valence-corrected chi connectivity index (χ3v) is 9.82. The molecule has 0 saturated heterocycles. The molecule has 11 rings (SSSR count). The van der Waals surface area contributed by atoms with E-state index in [2.05, 4.69) is 130 Å². The van der Waals surface area contributed by atoms with Gasteiger partial charge in [0.05, 0.1) is 33.1 Å². The summed E-state index contributed by atoms with van der Waals surface area (Å²) >= 11 is 0. The maximum atomic E-state index is 5.12. The summed E-state index contributed by atoms with van der Waals surface area (Å²) in [4.78, 5) is 10.2. The molecule has 7 aromatic carbocycles. The number of nitrogens with zero attached hydrogens (tertiary/aromatic N) is 4. The van der Waals surface area contributed by atoms with Gasteiger partial charge < -0.3 is 4.57 Å². The van der Waals surface area contributed by atoms with E-state index in [0.29, 0.717) is 0 Å². The minimum Gasteiger partial charge on any atom is -0.309 e. The molecule has 0 amide bonds. The van der Waals surface area contributed by atoms with Crippen LogP contribution in [0.1, 0.15) is 0 Å². The summed E-state index contributed by atoms with van der Waals surface area (Å²) in [5, 5.41) is 8.63. The summed E-state index contributed by atoms with van der Waals surface area (Å²) in [5.41, 5.74) is 12.1. The van der Waals surface area contributed by atoms with E-state index in [0.717, 1.165) is 33.1 Å². The van der Waals surface area contributed by atoms with Gasteiger partial charge in [0.15, 0.2) is 5.65 Å². The molecule has 212 valence electrons. The number of rotatable bonds is 2. The summed E-state index contributed by atoms with van der Waals surface area (Å²) < 4.78 is 4.73. The van der Waals surface area contributed by atoms with E-state index in [4.69, 9.17) is 9.97 Å². The maximum absolute atomic E-state index is 5.12. The van der Waals surface area contributed by atoms with Crippen molar-refractivity contribution in [2.75, 3.05) is 0 Å². The van der Waals surface area contributed by atoms with Crippen LogP contribution in [0, 0.1) is 0 Å². The summed E-state index contributed by atoms with van der Waals surface area (Å²) in [5.74, 6) is 0. The van der Waals surface area contributed by atoms with Crippen molar-refractivity contribution < 1.29 is 0 Å². The molecule has 0 atom stereocenters. The lowest BCUT2D eigenvalue weighted by molar-refractivity contribution is 1.19. The van der Waals surface area contributed by atoms with E-state index in [1.807, 2.05) is 24.3 Å². The number of hydrogen-bond acceptors (Lipinski definition) is 2. The zero-order valence-corrected chi connectivity index (χ0v) is 24.6. The molecule has 11 aromatic rings. The van der Waals surface area contributed by atoms with E-state index in [1.165, 1.54) is 65.7 Å². The topological polar surface area (TPSA) is 35.1 Å². The fraction of sp³-hybridized carbons (Fsp3) is 0. The van der Waals surface area contributed by atoms with Crippen LogP contribution in [-0.2, 0) is 0 Å². The Morgan fingerprint density at radius 1 is 0.413 bits per heavy atom. The first-order valence-electron chi connectivity index (χ1n) is 15.7. The summed E-state index contributed by atoms with van der Waals surface area (Å²) in [6.07, 6.45) is 0. The highest BCUT2D eigenvalue weighted by Gasteiger charge is 2.21. The fourth-order valence-corrected chi connectivity index (χ4v) is 7.89. The molecule has 0 aliphatic heterocycles. The molecule has 0 fully saturated rings. The van der Waals surface area contributed by atoms with Gasteiger partial charge in [-0.3, -0.25) is 4.40 Å². The van der Waals surface area contributed by atoms with Crippen molar-refractivity contribution in [3.05, 3.63) is 146 Å². The number of fused-ring (bicyclic) bond motifs is 12. The third-order valence-electron chi connectivity index (χ3n) is 9.82. The first-order valence-corrected chi connectivity index (χ1v) is 15.7. The SMILES string of the molecule is c1ccc(-n2c3ccccc3c3ccc4c(-c5ccc6c(c5)c5cccc7c8nc9ccccc9nc8n6c57)cccc4c32)cc1. The van der Waals surface area contributed by atoms with Crippen LogP contribution in [0.3, 0.4) is 0 Å². The quantitative estimate of drug-likeness (QED) is 0.203. The molecular formula is C42H24N4. The predicted molar refractivity (Wildman–Crippen MR) is 191 cm³/mol. The lowest BCUT2D eigenvalue weighted by atomic mass is 9.95. The summed E-state index contributed by atoms with van der Waals surface area (Å²) in [7, 11) is 0. The molecule has 4 heterocycles. The van der Waals surface area contributed by atoms with Gasteiger partial charge in [-0.05, 0) is 59.0 Å². The van der Waals surface area contributed by atoms with E-state index in [9.17, 15) is 0 Å². The molecule has 0 bridgehead atoms. The molecule has 0 aliphatic carbocycles. The average molecular weight is 585 g/mol. The minimum atomic E-state index is 0.911. The highest BCUT2D eigenvalue weighted by molar-refractivity contribution is 6.24. The van der Waals surface area contributed by atoms with E-state index < -0.39 is 0 Å². The Hall–Kier alpha value is -6.26. The minimum absolute atomic E-state index is 0.911. The average Bonchev–Trinajstić information content (AvgIpc) is 3.75. The van der Waals surface area contributed by atoms with Crippen molar-refractivity contribution in [3.8, 4) is 16.8 Å². The Labute approximate surface area is 262 Å². The van der Waals surface area contributed by atoms with Crippen molar-refractivity contribution in [2.24, 2.45) is 0 Å². The molecule has 0 radical (unpaired) electrons. The van der Waals surface area contributed by atoms with Crippen LogP contribution in [0.15, 0.2) is 146 Å². The lowest BCUT2D eigenvalue weighted by Crippen LogP contribution is -1.94. The monoisotopic (exact) mass is 584 g/mol. The predicted octanol–water partition coefficient (Wildman–Crippen LogP) is 10.7. The standard InChI is InChI=1S/C42H24N4/c1-2-10-26(11-3-1)45-37-19-7-4-12-29(37)32-22-21-28-27(13-8-14-30(28)40(32)45)25-20-23-38-34(24-25)31-15-9-16-33-39-42(46(38)41(31)33)44-36-18-6-5-17-35(36)43-39/h1-24H. The molecule has 4 nitrogen and oxygen atoms in total. The van der Waals surface area contributed by atoms with Crippen molar-refractivity contribution in [2.45, 2.75) is 0 Å². The zero-order valence-electron chi connectivity index (χ0n) is 24.6. The van der Waals surface area contributed by atoms with Gasteiger partial charge in [-0.2, -0.15) is 0 Å². The first kappa shape index (κ1) is 24.1. The first-order chi connectivity index (χ1) is 22.8. The molecule has 46 heavy (non-hydrogen) atoms. The van der Waals surface area contributed by atoms with Crippen molar-refractivity contribution in [1.29, 1.82) is 0 Å². The van der Waals surface area contributed by atoms with Gasteiger partial charge in [0.2, 0.25) is 0 Å². The molecule has 0 spiro atoms. The van der Waals surface area contributed by atoms with Gasteiger partial charge in [-0.15, -0.1) is 0 Å². The number of hydrogen-bond donors (Lipinski definition) is 0. The van der Waals surface area contributed by atoms with Gasteiger partial charge in [0, 0.05) is 38.0 Å². The molecule has 0 N–H and O–H groups in total.